The zero-order chi connectivity index (χ0) is 16.1. The zero-order valence-electron chi connectivity index (χ0n) is 13.4. The number of anilines is 1. The van der Waals surface area contributed by atoms with E-state index in [4.69, 9.17) is 0 Å². The minimum absolute atomic E-state index is 0.253. The highest BCUT2D eigenvalue weighted by atomic mass is 16.2. The van der Waals surface area contributed by atoms with Gasteiger partial charge in [-0.1, -0.05) is 13.0 Å². The van der Waals surface area contributed by atoms with Gasteiger partial charge < -0.3 is 9.80 Å². The number of carbonyl (C=O) groups excluding carboxylic acids is 1. The van der Waals surface area contributed by atoms with Crippen LogP contribution in [0.3, 0.4) is 0 Å². The summed E-state index contributed by atoms with van der Waals surface area (Å²) in [6.07, 6.45) is 3.29. The molecule has 0 unspecified atom stereocenters. The van der Waals surface area contributed by atoms with Gasteiger partial charge in [0.1, 0.15) is 5.69 Å². The van der Waals surface area contributed by atoms with Gasteiger partial charge in [-0.2, -0.15) is 0 Å². The van der Waals surface area contributed by atoms with Crippen molar-refractivity contribution in [3.63, 3.8) is 0 Å². The van der Waals surface area contributed by atoms with Gasteiger partial charge in [-0.05, 0) is 30.7 Å². The van der Waals surface area contributed by atoms with Crippen LogP contribution in [0.4, 0.5) is 5.82 Å². The average molecular weight is 311 g/mol. The van der Waals surface area contributed by atoms with Crippen molar-refractivity contribution >= 4 is 11.7 Å². The molecule has 0 radical (unpaired) electrons. The standard InChI is InChI=1S/C17H21N5O/c1-2-5-17(23)22-12-10-21(11-13-22)16-8-7-15(19-20-16)14-6-3-4-9-18-14/h3-4,6-9H,2,5,10-13H2,1H3. The fraction of sp³-hybridized carbons (Fsp3) is 0.412. The van der Waals surface area contributed by atoms with Gasteiger partial charge in [0, 0.05) is 38.8 Å². The molecule has 120 valence electrons. The molecule has 0 aromatic carbocycles. The molecule has 0 N–H and O–H groups in total. The number of pyridine rings is 1. The number of hydrogen-bond donors (Lipinski definition) is 0. The Bertz CT molecular complexity index is 636. The van der Waals surface area contributed by atoms with Gasteiger partial charge in [-0.15, -0.1) is 10.2 Å². The average Bonchev–Trinajstić information content (AvgIpc) is 2.63. The normalized spacial score (nSPS) is 14.8. The Hall–Kier alpha value is -2.50. The van der Waals surface area contributed by atoms with Crippen molar-refractivity contribution in [3.05, 3.63) is 36.5 Å². The molecule has 6 nitrogen and oxygen atoms in total. The maximum atomic E-state index is 11.9. The highest BCUT2D eigenvalue weighted by molar-refractivity contribution is 5.76. The van der Waals surface area contributed by atoms with E-state index in [0.29, 0.717) is 6.42 Å². The van der Waals surface area contributed by atoms with Crippen molar-refractivity contribution in [2.75, 3.05) is 31.1 Å². The van der Waals surface area contributed by atoms with Crippen molar-refractivity contribution in [1.82, 2.24) is 20.1 Å². The van der Waals surface area contributed by atoms with Gasteiger partial charge in [0.15, 0.2) is 5.82 Å². The molecule has 1 aliphatic heterocycles. The van der Waals surface area contributed by atoms with Crippen LogP contribution in [0.1, 0.15) is 19.8 Å². The molecular weight excluding hydrogens is 290 g/mol. The first-order chi connectivity index (χ1) is 11.3. The molecule has 0 saturated carbocycles. The van der Waals surface area contributed by atoms with E-state index < -0.39 is 0 Å². The molecule has 0 bridgehead atoms. The van der Waals surface area contributed by atoms with E-state index in [9.17, 15) is 4.79 Å². The van der Waals surface area contributed by atoms with Crippen LogP contribution >= 0.6 is 0 Å². The van der Waals surface area contributed by atoms with Crippen LogP contribution in [-0.4, -0.2) is 52.2 Å². The lowest BCUT2D eigenvalue weighted by atomic mass is 10.2. The third-order valence-corrected chi connectivity index (χ3v) is 4.00. The molecule has 6 heteroatoms. The summed E-state index contributed by atoms with van der Waals surface area (Å²) in [6.45, 7) is 5.14. The van der Waals surface area contributed by atoms with Crippen LogP contribution in [0.15, 0.2) is 36.5 Å². The third-order valence-electron chi connectivity index (χ3n) is 4.00. The summed E-state index contributed by atoms with van der Waals surface area (Å²) in [5.41, 5.74) is 1.59. The maximum Gasteiger partial charge on any atom is 0.222 e. The second-order valence-electron chi connectivity index (χ2n) is 5.61. The Kier molecular flexibility index (Phi) is 4.80. The summed E-state index contributed by atoms with van der Waals surface area (Å²) in [4.78, 5) is 20.3. The molecule has 1 saturated heterocycles. The molecule has 3 heterocycles. The Morgan fingerprint density at radius 1 is 1.04 bits per heavy atom. The predicted molar refractivity (Wildman–Crippen MR) is 89.0 cm³/mol. The molecule has 1 aliphatic rings. The number of piperazine rings is 1. The lowest BCUT2D eigenvalue weighted by Crippen LogP contribution is -2.49. The lowest BCUT2D eigenvalue weighted by Gasteiger charge is -2.35. The van der Waals surface area contributed by atoms with E-state index in [2.05, 4.69) is 20.1 Å². The van der Waals surface area contributed by atoms with Gasteiger partial charge in [0.25, 0.3) is 0 Å². The number of carbonyl (C=O) groups is 1. The number of hydrogen-bond acceptors (Lipinski definition) is 5. The Morgan fingerprint density at radius 2 is 1.87 bits per heavy atom. The number of rotatable bonds is 4. The number of nitrogens with zero attached hydrogens (tertiary/aromatic N) is 5. The highest BCUT2D eigenvalue weighted by Crippen LogP contribution is 2.17. The largest absolute Gasteiger partial charge is 0.352 e. The Balaban J connectivity index is 1.62. The summed E-state index contributed by atoms with van der Waals surface area (Å²) >= 11 is 0. The number of aromatic nitrogens is 3. The second-order valence-corrected chi connectivity index (χ2v) is 5.61. The lowest BCUT2D eigenvalue weighted by molar-refractivity contribution is -0.131. The van der Waals surface area contributed by atoms with E-state index in [1.807, 2.05) is 42.2 Å². The first-order valence-electron chi connectivity index (χ1n) is 8.06. The minimum atomic E-state index is 0.253. The number of amides is 1. The van der Waals surface area contributed by atoms with E-state index in [1.165, 1.54) is 0 Å². The van der Waals surface area contributed by atoms with Crippen LogP contribution in [0.5, 0.6) is 0 Å². The van der Waals surface area contributed by atoms with Gasteiger partial charge in [0.05, 0.1) is 5.69 Å². The van der Waals surface area contributed by atoms with Crippen molar-refractivity contribution < 1.29 is 4.79 Å². The molecule has 0 atom stereocenters. The molecule has 23 heavy (non-hydrogen) atoms. The van der Waals surface area contributed by atoms with E-state index in [0.717, 1.165) is 49.8 Å². The van der Waals surface area contributed by atoms with E-state index in [-0.39, 0.29) is 5.91 Å². The summed E-state index contributed by atoms with van der Waals surface area (Å²) in [5, 5.41) is 8.59. The molecule has 1 fully saturated rings. The third kappa shape index (κ3) is 3.64. The van der Waals surface area contributed by atoms with Gasteiger partial charge in [0.2, 0.25) is 5.91 Å². The van der Waals surface area contributed by atoms with Crippen molar-refractivity contribution in [2.45, 2.75) is 19.8 Å². The molecule has 3 rings (SSSR count). The minimum Gasteiger partial charge on any atom is -0.352 e. The molecule has 0 spiro atoms. The molecular formula is C17H21N5O. The molecule has 1 amide bonds. The topological polar surface area (TPSA) is 62.2 Å². The maximum absolute atomic E-state index is 11.9. The zero-order valence-corrected chi connectivity index (χ0v) is 13.4. The van der Waals surface area contributed by atoms with Crippen LogP contribution in [-0.2, 0) is 4.79 Å². The monoisotopic (exact) mass is 311 g/mol. The fourth-order valence-corrected chi connectivity index (χ4v) is 2.70. The van der Waals surface area contributed by atoms with E-state index in [1.54, 1.807) is 6.20 Å². The first kappa shape index (κ1) is 15.4. The van der Waals surface area contributed by atoms with Gasteiger partial charge >= 0.3 is 0 Å². The highest BCUT2D eigenvalue weighted by Gasteiger charge is 2.21. The van der Waals surface area contributed by atoms with Gasteiger partial charge in [-0.25, -0.2) is 0 Å². The summed E-state index contributed by atoms with van der Waals surface area (Å²) in [7, 11) is 0. The smallest absolute Gasteiger partial charge is 0.222 e. The fourth-order valence-electron chi connectivity index (χ4n) is 2.70. The summed E-state index contributed by atoms with van der Waals surface area (Å²) in [6, 6.07) is 9.65. The van der Waals surface area contributed by atoms with Crippen molar-refractivity contribution in [3.8, 4) is 11.4 Å². The van der Waals surface area contributed by atoms with Crippen LogP contribution in [0, 0.1) is 0 Å². The summed E-state index contributed by atoms with van der Waals surface area (Å²) in [5.74, 6) is 1.11. The Morgan fingerprint density at radius 3 is 2.48 bits per heavy atom. The molecule has 0 aliphatic carbocycles. The second kappa shape index (κ2) is 7.17. The molecule has 2 aromatic heterocycles. The first-order valence-corrected chi connectivity index (χ1v) is 8.06. The van der Waals surface area contributed by atoms with Crippen LogP contribution in [0.2, 0.25) is 0 Å². The predicted octanol–water partition coefficient (Wildman–Crippen LogP) is 1.99. The van der Waals surface area contributed by atoms with Crippen LogP contribution < -0.4 is 4.90 Å². The Labute approximate surface area is 136 Å². The van der Waals surface area contributed by atoms with Gasteiger partial charge in [-0.3, -0.25) is 9.78 Å². The molecule has 2 aromatic rings. The van der Waals surface area contributed by atoms with Crippen molar-refractivity contribution in [2.24, 2.45) is 0 Å². The quantitative estimate of drug-likeness (QED) is 0.864. The SMILES string of the molecule is CCCC(=O)N1CCN(c2ccc(-c3ccccn3)nn2)CC1. The summed E-state index contributed by atoms with van der Waals surface area (Å²) < 4.78 is 0. The van der Waals surface area contributed by atoms with Crippen molar-refractivity contribution in [1.29, 1.82) is 0 Å². The van der Waals surface area contributed by atoms with Crippen LogP contribution in [0.25, 0.3) is 11.4 Å². The van der Waals surface area contributed by atoms with E-state index >= 15 is 0 Å².